The van der Waals surface area contributed by atoms with Crippen molar-refractivity contribution in [3.63, 3.8) is 0 Å². The van der Waals surface area contributed by atoms with Gasteiger partial charge in [0.05, 0.1) is 14.2 Å². The number of methoxy groups -OCH3 is 2. The minimum atomic E-state index is -4.18. The lowest BCUT2D eigenvalue weighted by Crippen LogP contribution is -2.18. The van der Waals surface area contributed by atoms with Gasteiger partial charge in [-0.1, -0.05) is 59.2 Å². The van der Waals surface area contributed by atoms with Crippen LogP contribution >= 0.6 is 0 Å². The quantitative estimate of drug-likeness (QED) is 0.368. The highest BCUT2D eigenvalue weighted by Crippen LogP contribution is 2.49. The van der Waals surface area contributed by atoms with Crippen LogP contribution in [0.5, 0.6) is 23.0 Å². The maximum Gasteiger partial charge on any atom is 0.339 e. The van der Waals surface area contributed by atoms with Gasteiger partial charge in [0.25, 0.3) is 0 Å². The molecule has 0 atom stereocenters. The van der Waals surface area contributed by atoms with E-state index in [0.29, 0.717) is 33.8 Å². The van der Waals surface area contributed by atoms with E-state index in [1.807, 2.05) is 48.5 Å². The summed E-state index contributed by atoms with van der Waals surface area (Å²) in [6.07, 6.45) is 0. The zero-order valence-corrected chi connectivity index (χ0v) is 23.3. The summed E-state index contributed by atoms with van der Waals surface area (Å²) in [5, 5.41) is 11.4. The molecule has 0 saturated heterocycles. The average molecular weight is 513 g/mol. The lowest BCUT2D eigenvalue weighted by atomic mass is 9.81. The zero-order chi connectivity index (χ0) is 27.1. The summed E-state index contributed by atoms with van der Waals surface area (Å²) in [6, 6.07) is 13.4. The van der Waals surface area contributed by atoms with Gasteiger partial charge in [-0.3, -0.25) is 0 Å². The van der Waals surface area contributed by atoms with E-state index in [-0.39, 0.29) is 16.4 Å². The molecule has 0 aliphatic heterocycles. The van der Waals surface area contributed by atoms with Gasteiger partial charge in [-0.05, 0) is 54.2 Å². The Labute approximate surface area is 215 Å². The Hall–Kier alpha value is -3.19. The van der Waals surface area contributed by atoms with E-state index >= 15 is 0 Å². The van der Waals surface area contributed by atoms with E-state index in [0.717, 1.165) is 5.56 Å². The highest BCUT2D eigenvalue weighted by Gasteiger charge is 2.31. The van der Waals surface area contributed by atoms with Gasteiger partial charge < -0.3 is 18.8 Å². The Morgan fingerprint density at radius 2 is 1.19 bits per heavy atom. The van der Waals surface area contributed by atoms with E-state index < -0.39 is 20.9 Å². The Balaban J connectivity index is 2.40. The van der Waals surface area contributed by atoms with Gasteiger partial charge >= 0.3 is 10.1 Å². The molecule has 6 nitrogen and oxygen atoms in total. The second-order valence-corrected chi connectivity index (χ2v) is 12.5. The van der Waals surface area contributed by atoms with Crippen molar-refractivity contribution >= 4 is 10.1 Å². The summed E-state index contributed by atoms with van der Waals surface area (Å²) < 4.78 is 43.8. The van der Waals surface area contributed by atoms with Crippen LogP contribution in [0.3, 0.4) is 0 Å². The predicted octanol–water partition coefficient (Wildman–Crippen LogP) is 6.75. The number of rotatable bonds is 6. The molecule has 0 spiro atoms. The number of hydrogen-bond donors (Lipinski definition) is 1. The molecule has 0 unspecified atom stereocenters. The Bertz CT molecular complexity index is 1360. The zero-order valence-electron chi connectivity index (χ0n) is 22.5. The van der Waals surface area contributed by atoms with Crippen molar-refractivity contribution in [2.75, 3.05) is 14.2 Å². The molecule has 0 aromatic heterocycles. The molecule has 3 aromatic rings. The third-order valence-electron chi connectivity index (χ3n) is 6.03. The monoisotopic (exact) mass is 512 g/mol. The normalized spacial score (nSPS) is 12.4. The van der Waals surface area contributed by atoms with Crippen LogP contribution in [0, 0.1) is 6.92 Å². The van der Waals surface area contributed by atoms with Crippen LogP contribution in [0.25, 0.3) is 11.1 Å². The third kappa shape index (κ3) is 5.62. The number of benzene rings is 3. The van der Waals surface area contributed by atoms with Gasteiger partial charge in [0.15, 0.2) is 5.75 Å². The van der Waals surface area contributed by atoms with Crippen molar-refractivity contribution in [1.82, 2.24) is 0 Å². The SMILES string of the molecule is COc1cc(-c2cc(OC)cc(C(C)(C)C)c2OS(=O)(=O)c2ccc(C)cc2)c(O)c(C(C)(C)C)c1. The second kappa shape index (κ2) is 9.69. The molecule has 0 radical (unpaired) electrons. The number of phenols is 1. The van der Waals surface area contributed by atoms with E-state index in [9.17, 15) is 13.5 Å². The lowest BCUT2D eigenvalue weighted by molar-refractivity contribution is 0.405. The molecule has 3 rings (SSSR count). The maximum absolute atomic E-state index is 13.4. The van der Waals surface area contributed by atoms with Crippen LogP contribution in [0.1, 0.15) is 58.2 Å². The largest absolute Gasteiger partial charge is 0.507 e. The smallest absolute Gasteiger partial charge is 0.339 e. The van der Waals surface area contributed by atoms with Gasteiger partial charge in [-0.2, -0.15) is 8.42 Å². The van der Waals surface area contributed by atoms with Gasteiger partial charge in [0, 0.05) is 22.3 Å². The summed E-state index contributed by atoms with van der Waals surface area (Å²) in [5.74, 6) is 1.19. The van der Waals surface area contributed by atoms with Crippen LogP contribution in [0.2, 0.25) is 0 Å². The van der Waals surface area contributed by atoms with Crippen molar-refractivity contribution in [3.05, 3.63) is 65.2 Å². The molecule has 3 aromatic carbocycles. The molecule has 0 bridgehead atoms. The van der Waals surface area contributed by atoms with Crippen LogP contribution in [0.4, 0.5) is 0 Å². The molecule has 1 N–H and O–H groups in total. The molecule has 194 valence electrons. The molecule has 0 fully saturated rings. The van der Waals surface area contributed by atoms with Crippen LogP contribution in [0.15, 0.2) is 53.4 Å². The summed E-state index contributed by atoms with van der Waals surface area (Å²) in [7, 11) is -1.09. The highest BCUT2D eigenvalue weighted by atomic mass is 32.2. The lowest BCUT2D eigenvalue weighted by Gasteiger charge is -2.27. The molecule has 0 saturated carbocycles. The van der Waals surface area contributed by atoms with Gasteiger partial charge in [0.2, 0.25) is 0 Å². The number of hydrogen-bond acceptors (Lipinski definition) is 6. The third-order valence-corrected chi connectivity index (χ3v) is 7.26. The molecule has 0 aliphatic rings. The molecule has 0 heterocycles. The van der Waals surface area contributed by atoms with Crippen LogP contribution < -0.4 is 13.7 Å². The first-order chi connectivity index (χ1) is 16.6. The van der Waals surface area contributed by atoms with Crippen molar-refractivity contribution in [1.29, 1.82) is 0 Å². The summed E-state index contributed by atoms with van der Waals surface area (Å²) >= 11 is 0. The van der Waals surface area contributed by atoms with Gasteiger partial charge in [-0.15, -0.1) is 0 Å². The fourth-order valence-electron chi connectivity index (χ4n) is 3.93. The molecule has 0 amide bonds. The van der Waals surface area contributed by atoms with E-state index in [4.69, 9.17) is 13.7 Å². The first-order valence-electron chi connectivity index (χ1n) is 11.7. The number of aromatic hydroxyl groups is 1. The first-order valence-corrected chi connectivity index (χ1v) is 13.1. The topological polar surface area (TPSA) is 82.1 Å². The molecule has 7 heteroatoms. The maximum atomic E-state index is 13.4. The molecule has 0 aliphatic carbocycles. The molecule has 36 heavy (non-hydrogen) atoms. The van der Waals surface area contributed by atoms with Crippen LogP contribution in [-0.2, 0) is 20.9 Å². The van der Waals surface area contributed by atoms with Gasteiger partial charge in [-0.25, -0.2) is 0 Å². The standard InChI is InChI=1S/C29H36O6S/c1-18-10-12-21(13-11-18)36(31,32)35-27-23(15-20(34-9)17-25(27)29(5,6)7)22-14-19(33-8)16-24(26(22)30)28(2,3)4/h10-17,30H,1-9H3. The predicted molar refractivity (Wildman–Crippen MR) is 143 cm³/mol. The summed E-state index contributed by atoms with van der Waals surface area (Å²) in [5.41, 5.74) is 2.06. The highest BCUT2D eigenvalue weighted by molar-refractivity contribution is 7.87. The van der Waals surface area contributed by atoms with Crippen molar-refractivity contribution in [2.24, 2.45) is 0 Å². The van der Waals surface area contributed by atoms with Crippen molar-refractivity contribution < 1.29 is 27.2 Å². The fourth-order valence-corrected chi connectivity index (χ4v) is 4.90. The number of ether oxygens (including phenoxy) is 2. The van der Waals surface area contributed by atoms with Crippen molar-refractivity contribution in [3.8, 4) is 34.1 Å². The Kier molecular flexibility index (Phi) is 7.38. The first kappa shape index (κ1) is 27.4. The van der Waals surface area contributed by atoms with E-state index in [1.165, 1.54) is 12.1 Å². The minimum absolute atomic E-state index is 0.0222. The minimum Gasteiger partial charge on any atom is -0.507 e. The molecular weight excluding hydrogens is 476 g/mol. The van der Waals surface area contributed by atoms with Crippen molar-refractivity contribution in [2.45, 2.75) is 64.2 Å². The Morgan fingerprint density at radius 3 is 1.67 bits per heavy atom. The summed E-state index contributed by atoms with van der Waals surface area (Å²) in [6.45, 7) is 13.7. The number of aryl methyl sites for hydroxylation is 1. The van der Waals surface area contributed by atoms with Crippen LogP contribution in [-0.4, -0.2) is 27.7 Å². The fraction of sp³-hybridized carbons (Fsp3) is 0.379. The summed E-state index contributed by atoms with van der Waals surface area (Å²) in [4.78, 5) is 0.0416. The second-order valence-electron chi connectivity index (χ2n) is 11.0. The molecular formula is C29H36O6S. The average Bonchev–Trinajstić information content (AvgIpc) is 2.78. The van der Waals surface area contributed by atoms with E-state index in [1.54, 1.807) is 50.6 Å². The Morgan fingerprint density at radius 1 is 0.722 bits per heavy atom. The van der Waals surface area contributed by atoms with Gasteiger partial charge in [0.1, 0.15) is 22.1 Å². The number of phenolic OH excluding ortho intramolecular Hbond substituents is 1. The van der Waals surface area contributed by atoms with E-state index in [2.05, 4.69) is 0 Å².